The minimum atomic E-state index is -1.57. The van der Waals surface area contributed by atoms with Crippen LogP contribution in [0.2, 0.25) is 0 Å². The molecule has 0 bridgehead atoms. The summed E-state index contributed by atoms with van der Waals surface area (Å²) in [7, 11) is 1.42. The Labute approximate surface area is 225 Å². The van der Waals surface area contributed by atoms with Gasteiger partial charge in [-0.1, -0.05) is 30.3 Å². The third kappa shape index (κ3) is 6.26. The summed E-state index contributed by atoms with van der Waals surface area (Å²) < 4.78 is 38.3. The lowest BCUT2D eigenvalue weighted by Crippen LogP contribution is -2.44. The van der Waals surface area contributed by atoms with E-state index in [1.807, 2.05) is 0 Å². The van der Waals surface area contributed by atoms with Gasteiger partial charge in [0.05, 0.1) is 19.3 Å². The van der Waals surface area contributed by atoms with Gasteiger partial charge in [-0.2, -0.15) is 0 Å². The Balaban J connectivity index is 1.38. The fourth-order valence-electron chi connectivity index (χ4n) is 5.20. The van der Waals surface area contributed by atoms with Gasteiger partial charge in [0.2, 0.25) is 0 Å². The summed E-state index contributed by atoms with van der Waals surface area (Å²) in [6, 6.07) is 16.1. The van der Waals surface area contributed by atoms with Crippen molar-refractivity contribution in [2.45, 2.75) is 24.9 Å². The quantitative estimate of drug-likeness (QED) is 0.208. The second-order valence-corrected chi connectivity index (χ2v) is 9.57. The Morgan fingerprint density at radius 1 is 0.949 bits per heavy atom. The summed E-state index contributed by atoms with van der Waals surface area (Å²) in [4.78, 5) is 25.5. The Bertz CT molecular complexity index is 1240. The van der Waals surface area contributed by atoms with Gasteiger partial charge < -0.3 is 24.6 Å². The number of aliphatic hydroxyl groups is 1. The Morgan fingerprint density at radius 2 is 1.51 bits per heavy atom. The summed E-state index contributed by atoms with van der Waals surface area (Å²) in [5.41, 5.74) is -0.339. The number of carbonyl (C=O) groups is 2. The number of rotatable bonds is 11. The van der Waals surface area contributed by atoms with Crippen molar-refractivity contribution in [3.63, 3.8) is 0 Å². The van der Waals surface area contributed by atoms with Crippen LogP contribution in [0.4, 0.5) is 8.78 Å². The molecule has 1 aliphatic rings. The summed E-state index contributed by atoms with van der Waals surface area (Å²) in [6.45, 7) is 2.34. The van der Waals surface area contributed by atoms with Crippen molar-refractivity contribution in [2.75, 3.05) is 33.4 Å². The molecule has 0 saturated carbocycles. The molecule has 2 N–H and O–H groups in total. The van der Waals surface area contributed by atoms with E-state index in [1.165, 1.54) is 43.5 Å². The number of Topliss-reactive ketones (excluding diaryl/α,β-unsaturated/α-hetero) is 1. The molecular formula is C30H31F2NO6. The van der Waals surface area contributed by atoms with Gasteiger partial charge in [0, 0.05) is 6.54 Å². The summed E-state index contributed by atoms with van der Waals surface area (Å²) in [5.74, 6) is -3.22. The second kappa shape index (κ2) is 12.4. The number of carboxylic acids is 1. The first-order valence-electron chi connectivity index (χ1n) is 12.8. The summed E-state index contributed by atoms with van der Waals surface area (Å²) in [5, 5.41) is 21.1. The van der Waals surface area contributed by atoms with E-state index in [1.54, 1.807) is 30.3 Å². The predicted octanol–water partition coefficient (Wildman–Crippen LogP) is 4.66. The van der Waals surface area contributed by atoms with E-state index in [2.05, 4.69) is 4.90 Å². The first kappa shape index (κ1) is 28.2. The molecule has 7 nitrogen and oxygen atoms in total. The van der Waals surface area contributed by atoms with Crippen LogP contribution in [0.15, 0.2) is 66.7 Å². The van der Waals surface area contributed by atoms with E-state index < -0.39 is 29.0 Å². The van der Waals surface area contributed by atoms with Gasteiger partial charge in [0.15, 0.2) is 11.5 Å². The molecule has 1 fully saturated rings. The maximum Gasteiger partial charge on any atom is 0.377 e. The molecule has 0 spiro atoms. The Kier molecular flexibility index (Phi) is 8.93. The number of carbonyl (C=O) groups excluding carboxylic acids is 1. The average Bonchev–Trinajstić information content (AvgIpc) is 2.95. The van der Waals surface area contributed by atoms with Crippen LogP contribution in [0.1, 0.15) is 40.7 Å². The van der Waals surface area contributed by atoms with Crippen molar-refractivity contribution in [2.24, 2.45) is 5.92 Å². The van der Waals surface area contributed by atoms with Crippen LogP contribution in [0.3, 0.4) is 0 Å². The number of benzene rings is 3. The highest BCUT2D eigenvalue weighted by Crippen LogP contribution is 2.42. The van der Waals surface area contributed by atoms with Crippen LogP contribution < -0.4 is 9.47 Å². The summed E-state index contributed by atoms with van der Waals surface area (Å²) in [6.07, 6.45) is 1.94. The summed E-state index contributed by atoms with van der Waals surface area (Å²) >= 11 is 0. The number of hydrogen-bond donors (Lipinski definition) is 2. The highest BCUT2D eigenvalue weighted by Gasteiger charge is 2.41. The Hall–Kier alpha value is -3.82. The van der Waals surface area contributed by atoms with E-state index in [0.717, 1.165) is 0 Å². The largest absolute Gasteiger partial charge is 0.493 e. The molecule has 1 aliphatic heterocycles. The molecule has 0 aromatic heterocycles. The van der Waals surface area contributed by atoms with Gasteiger partial charge in [-0.15, -0.1) is 0 Å². The zero-order valence-electron chi connectivity index (χ0n) is 21.6. The fourth-order valence-corrected chi connectivity index (χ4v) is 5.20. The van der Waals surface area contributed by atoms with Gasteiger partial charge in [-0.05, 0) is 85.8 Å². The first-order valence-corrected chi connectivity index (χ1v) is 12.8. The Morgan fingerprint density at radius 3 is 2.03 bits per heavy atom. The van der Waals surface area contributed by atoms with Crippen LogP contribution >= 0.6 is 0 Å². The second-order valence-electron chi connectivity index (χ2n) is 9.57. The highest BCUT2D eigenvalue weighted by atomic mass is 19.1. The normalized spacial score (nSPS) is 14.7. The number of nitrogens with zero attached hydrogens (tertiary/aromatic N) is 1. The van der Waals surface area contributed by atoms with Gasteiger partial charge >= 0.3 is 5.97 Å². The van der Waals surface area contributed by atoms with Crippen molar-refractivity contribution in [3.05, 3.63) is 95.1 Å². The van der Waals surface area contributed by atoms with Gasteiger partial charge in [-0.25, -0.2) is 13.6 Å². The molecule has 3 aromatic carbocycles. The molecule has 4 rings (SSSR count). The number of ether oxygens (including phenoxy) is 2. The lowest BCUT2D eigenvalue weighted by atomic mass is 9.72. The number of para-hydroxylation sites is 1. The van der Waals surface area contributed by atoms with E-state index >= 15 is 0 Å². The van der Waals surface area contributed by atoms with Crippen LogP contribution in [0, 0.1) is 17.6 Å². The van der Waals surface area contributed by atoms with Crippen molar-refractivity contribution >= 4 is 11.8 Å². The number of methoxy groups -OCH3 is 1. The first-order chi connectivity index (χ1) is 18.7. The number of piperidine rings is 1. The minimum absolute atomic E-state index is 0.0662. The molecule has 0 atom stereocenters. The zero-order valence-corrected chi connectivity index (χ0v) is 21.6. The van der Waals surface area contributed by atoms with Crippen molar-refractivity contribution < 1.29 is 38.1 Å². The van der Waals surface area contributed by atoms with Crippen LogP contribution in [0.5, 0.6) is 11.5 Å². The number of hydrogen-bond acceptors (Lipinski definition) is 6. The third-order valence-corrected chi connectivity index (χ3v) is 7.25. The van der Waals surface area contributed by atoms with Crippen molar-refractivity contribution in [3.8, 4) is 11.5 Å². The molecular weight excluding hydrogens is 508 g/mol. The molecule has 206 valence electrons. The van der Waals surface area contributed by atoms with Gasteiger partial charge in [-0.3, -0.25) is 4.79 Å². The standard InChI is InChI=1S/C30H31F2NO6/c1-38-26-5-2-4-25(27(34)29(35)36)28(26)39-19-3-16-33-17-14-22(15-18-33)30(37,20-6-10-23(31)11-7-20)21-8-12-24(32)13-9-21/h2,4-13,22,37H,3,14-19H2,1H3,(H,35,36). The zero-order chi connectivity index (χ0) is 28.0. The number of ketones is 1. The molecule has 39 heavy (non-hydrogen) atoms. The van der Waals surface area contributed by atoms with Crippen LogP contribution in [-0.2, 0) is 10.4 Å². The number of aliphatic carboxylic acids is 1. The smallest absolute Gasteiger partial charge is 0.377 e. The fraction of sp³-hybridized carbons (Fsp3) is 0.333. The number of halogens is 2. The lowest BCUT2D eigenvalue weighted by molar-refractivity contribution is -0.131. The molecule has 0 unspecified atom stereocenters. The average molecular weight is 540 g/mol. The minimum Gasteiger partial charge on any atom is -0.493 e. The van der Waals surface area contributed by atoms with Crippen molar-refractivity contribution in [1.29, 1.82) is 0 Å². The molecule has 0 amide bonds. The van der Waals surface area contributed by atoms with Crippen molar-refractivity contribution in [1.82, 2.24) is 4.90 Å². The maximum atomic E-state index is 13.6. The monoisotopic (exact) mass is 539 g/mol. The molecule has 1 heterocycles. The van der Waals surface area contributed by atoms with Crippen LogP contribution in [-0.4, -0.2) is 60.2 Å². The van der Waals surface area contributed by atoms with Gasteiger partial charge in [0.1, 0.15) is 17.2 Å². The molecule has 0 aliphatic carbocycles. The third-order valence-electron chi connectivity index (χ3n) is 7.25. The molecule has 1 saturated heterocycles. The highest BCUT2D eigenvalue weighted by molar-refractivity contribution is 6.40. The maximum absolute atomic E-state index is 13.6. The van der Waals surface area contributed by atoms with E-state index in [0.29, 0.717) is 50.0 Å². The van der Waals surface area contributed by atoms with E-state index in [4.69, 9.17) is 14.6 Å². The topological polar surface area (TPSA) is 96.3 Å². The van der Waals surface area contributed by atoms with E-state index in [9.17, 15) is 23.5 Å². The molecule has 0 radical (unpaired) electrons. The number of likely N-dealkylation sites (tertiary alicyclic amines) is 1. The van der Waals surface area contributed by atoms with Crippen LogP contribution in [0.25, 0.3) is 0 Å². The lowest BCUT2D eigenvalue weighted by Gasteiger charge is -2.42. The molecule has 9 heteroatoms. The van der Waals surface area contributed by atoms with E-state index in [-0.39, 0.29) is 29.6 Å². The molecule has 3 aromatic rings. The SMILES string of the molecule is COc1cccc(C(=O)C(=O)O)c1OCCCN1CCC(C(O)(c2ccc(F)cc2)c2ccc(F)cc2)CC1. The number of carboxylic acid groups (broad SMARTS) is 1. The van der Waals surface area contributed by atoms with Gasteiger partial charge in [0.25, 0.3) is 5.78 Å². The predicted molar refractivity (Wildman–Crippen MR) is 140 cm³/mol.